The number of hydroxylamine groups is 1. The Morgan fingerprint density at radius 3 is 2.64 bits per heavy atom. The molecule has 2 rings (SSSR count). The highest BCUT2D eigenvalue weighted by atomic mass is 16.7. The Morgan fingerprint density at radius 1 is 1.41 bits per heavy atom. The molecule has 120 valence electrons. The fraction of sp³-hybridized carbons (Fsp3) is 0.467. The topological polar surface area (TPSA) is 99.1 Å². The largest absolute Gasteiger partial charge is 0.391 e. The first-order valence-electron chi connectivity index (χ1n) is 7.03. The van der Waals surface area contributed by atoms with Gasteiger partial charge in [-0.25, -0.2) is 5.48 Å². The zero-order valence-electron chi connectivity index (χ0n) is 12.5. The number of carbonyl (C=O) groups excluding carboxylic acids is 2. The van der Waals surface area contributed by atoms with Crippen LogP contribution in [0.2, 0.25) is 0 Å². The van der Waals surface area contributed by atoms with Gasteiger partial charge in [0.05, 0.1) is 18.1 Å². The summed E-state index contributed by atoms with van der Waals surface area (Å²) in [5.74, 6) is -2.09. The summed E-state index contributed by atoms with van der Waals surface area (Å²) in [4.78, 5) is 30.5. The Balaban J connectivity index is 2.18. The Labute approximate surface area is 128 Å². The monoisotopic (exact) mass is 308 g/mol. The second-order valence-corrected chi connectivity index (χ2v) is 5.40. The van der Waals surface area contributed by atoms with E-state index in [9.17, 15) is 14.7 Å². The van der Waals surface area contributed by atoms with E-state index in [1.807, 2.05) is 6.07 Å². The average molecular weight is 308 g/mol. The summed E-state index contributed by atoms with van der Waals surface area (Å²) in [6.45, 7) is 1.44. The van der Waals surface area contributed by atoms with Crippen molar-refractivity contribution in [3.8, 4) is 0 Å². The van der Waals surface area contributed by atoms with Gasteiger partial charge < -0.3 is 15.1 Å². The summed E-state index contributed by atoms with van der Waals surface area (Å²) >= 11 is 0. The molecule has 4 atom stereocenters. The number of amides is 2. The molecule has 2 amide bonds. The van der Waals surface area contributed by atoms with Crippen LogP contribution in [0.3, 0.4) is 0 Å². The summed E-state index contributed by atoms with van der Waals surface area (Å²) < 4.78 is 0. The number of likely N-dealkylation sites (tertiary alicyclic amines) is 1. The molecule has 0 aliphatic carbocycles. The summed E-state index contributed by atoms with van der Waals surface area (Å²) in [5.41, 5.74) is 2.94. The highest BCUT2D eigenvalue weighted by Crippen LogP contribution is 2.37. The van der Waals surface area contributed by atoms with Crippen molar-refractivity contribution < 1.29 is 24.6 Å². The molecular weight excluding hydrogens is 288 g/mol. The molecule has 3 N–H and O–H groups in total. The predicted octanol–water partition coefficient (Wildman–Crippen LogP) is -0.395. The number of likely N-dealkylation sites (N-methyl/N-ethyl adjacent to an activating group) is 1. The zero-order valence-corrected chi connectivity index (χ0v) is 12.5. The van der Waals surface area contributed by atoms with Gasteiger partial charge in [0.2, 0.25) is 0 Å². The first-order chi connectivity index (χ1) is 10.4. The third-order valence-electron chi connectivity index (χ3n) is 3.64. The number of nitrogens with zero attached hydrogens (tertiary/aromatic N) is 1. The number of rotatable bonds is 5. The molecule has 0 bridgehead atoms. The molecule has 0 saturated carbocycles. The standard InChI is InChI=1S/C15H20N2O5/c1-9(18)8-22-16-14(20)11-12(10-6-4-3-5-7-10)17(2)15(21)13(11)19/h3-7,9,11-13,18-19H,8H2,1-2H3,(H,16,20)/t9?,11-,12-,13-/m0/s1. The van der Waals surface area contributed by atoms with E-state index in [4.69, 9.17) is 9.94 Å². The van der Waals surface area contributed by atoms with Crippen LogP contribution in [0.5, 0.6) is 0 Å². The van der Waals surface area contributed by atoms with Gasteiger partial charge in [-0.05, 0) is 12.5 Å². The number of aliphatic hydroxyl groups excluding tert-OH is 2. The van der Waals surface area contributed by atoms with E-state index in [1.54, 1.807) is 31.3 Å². The van der Waals surface area contributed by atoms with Crippen molar-refractivity contribution in [1.29, 1.82) is 0 Å². The molecular formula is C15H20N2O5. The molecule has 0 radical (unpaired) electrons. The third kappa shape index (κ3) is 3.27. The Morgan fingerprint density at radius 2 is 2.05 bits per heavy atom. The number of nitrogens with one attached hydrogen (secondary N) is 1. The van der Waals surface area contributed by atoms with Crippen LogP contribution in [0.25, 0.3) is 0 Å². The molecule has 0 aromatic heterocycles. The highest BCUT2D eigenvalue weighted by Gasteiger charge is 2.50. The lowest BCUT2D eigenvalue weighted by atomic mass is 9.91. The molecule has 1 aromatic carbocycles. The minimum absolute atomic E-state index is 0.0751. The van der Waals surface area contributed by atoms with Crippen LogP contribution in [-0.2, 0) is 14.4 Å². The van der Waals surface area contributed by atoms with Gasteiger partial charge in [-0.15, -0.1) is 0 Å². The van der Waals surface area contributed by atoms with Gasteiger partial charge in [-0.2, -0.15) is 0 Å². The number of hydrogen-bond donors (Lipinski definition) is 3. The number of carbonyl (C=O) groups is 2. The molecule has 0 spiro atoms. The predicted molar refractivity (Wildman–Crippen MR) is 77.2 cm³/mol. The van der Waals surface area contributed by atoms with Crippen LogP contribution < -0.4 is 5.48 Å². The van der Waals surface area contributed by atoms with Crippen LogP contribution in [0.1, 0.15) is 18.5 Å². The first-order valence-corrected chi connectivity index (χ1v) is 7.03. The maximum Gasteiger partial charge on any atom is 0.252 e. The Bertz CT molecular complexity index is 534. The second-order valence-electron chi connectivity index (χ2n) is 5.40. The molecule has 1 fully saturated rings. The Hall–Kier alpha value is -1.96. The molecule has 1 aliphatic heterocycles. The van der Waals surface area contributed by atoms with Crippen molar-refractivity contribution in [2.75, 3.05) is 13.7 Å². The van der Waals surface area contributed by atoms with Crippen molar-refractivity contribution in [2.45, 2.75) is 25.2 Å². The molecule has 1 saturated heterocycles. The SMILES string of the molecule is CC(O)CONC(=O)[C@@H]1[C@H](O)C(=O)N(C)[C@H]1c1ccccc1. The number of hydrogen-bond acceptors (Lipinski definition) is 5. The first kappa shape index (κ1) is 16.4. The van der Waals surface area contributed by atoms with E-state index >= 15 is 0 Å². The fourth-order valence-corrected chi connectivity index (χ4v) is 2.58. The summed E-state index contributed by atoms with van der Waals surface area (Å²) in [5, 5.41) is 19.2. The van der Waals surface area contributed by atoms with Crippen molar-refractivity contribution in [2.24, 2.45) is 5.92 Å². The summed E-state index contributed by atoms with van der Waals surface area (Å²) in [6.07, 6.45) is -2.16. The number of benzene rings is 1. The van der Waals surface area contributed by atoms with Crippen molar-refractivity contribution in [1.82, 2.24) is 10.4 Å². The molecule has 1 heterocycles. The van der Waals surface area contributed by atoms with Gasteiger partial charge in [-0.1, -0.05) is 30.3 Å². The van der Waals surface area contributed by atoms with E-state index in [2.05, 4.69) is 5.48 Å². The molecule has 22 heavy (non-hydrogen) atoms. The minimum Gasteiger partial charge on any atom is -0.391 e. The highest BCUT2D eigenvalue weighted by molar-refractivity contribution is 5.93. The van der Waals surface area contributed by atoms with E-state index in [1.165, 1.54) is 11.8 Å². The van der Waals surface area contributed by atoms with Gasteiger partial charge in [0, 0.05) is 7.05 Å². The Kier molecular flexibility index (Phi) is 5.12. The van der Waals surface area contributed by atoms with Gasteiger partial charge in [-0.3, -0.25) is 14.4 Å². The molecule has 7 nitrogen and oxygen atoms in total. The lowest BCUT2D eigenvalue weighted by Gasteiger charge is -2.24. The minimum atomic E-state index is -1.43. The number of aliphatic hydroxyl groups is 2. The van der Waals surface area contributed by atoms with Crippen molar-refractivity contribution in [3.05, 3.63) is 35.9 Å². The second kappa shape index (κ2) is 6.87. The zero-order chi connectivity index (χ0) is 16.3. The van der Waals surface area contributed by atoms with Crippen molar-refractivity contribution in [3.63, 3.8) is 0 Å². The van der Waals surface area contributed by atoms with Crippen LogP contribution in [-0.4, -0.2) is 52.8 Å². The average Bonchev–Trinajstić information content (AvgIpc) is 2.72. The molecule has 1 unspecified atom stereocenters. The third-order valence-corrected chi connectivity index (χ3v) is 3.64. The van der Waals surface area contributed by atoms with E-state index in [0.29, 0.717) is 0 Å². The fourth-order valence-electron chi connectivity index (χ4n) is 2.58. The van der Waals surface area contributed by atoms with E-state index < -0.39 is 36.0 Å². The van der Waals surface area contributed by atoms with Crippen LogP contribution >= 0.6 is 0 Å². The maximum absolute atomic E-state index is 12.3. The summed E-state index contributed by atoms with van der Waals surface area (Å²) in [7, 11) is 1.55. The summed E-state index contributed by atoms with van der Waals surface area (Å²) in [6, 6.07) is 8.46. The van der Waals surface area contributed by atoms with Gasteiger partial charge in [0.25, 0.3) is 11.8 Å². The quantitative estimate of drug-likeness (QED) is 0.643. The lowest BCUT2D eigenvalue weighted by molar-refractivity contribution is -0.145. The normalized spacial score (nSPS) is 26.1. The van der Waals surface area contributed by atoms with Gasteiger partial charge >= 0.3 is 0 Å². The van der Waals surface area contributed by atoms with Crippen LogP contribution in [0, 0.1) is 5.92 Å². The van der Waals surface area contributed by atoms with E-state index in [0.717, 1.165) is 5.56 Å². The molecule has 1 aliphatic rings. The van der Waals surface area contributed by atoms with E-state index in [-0.39, 0.29) is 6.61 Å². The van der Waals surface area contributed by atoms with Gasteiger partial charge in [0.15, 0.2) is 0 Å². The maximum atomic E-state index is 12.3. The lowest BCUT2D eigenvalue weighted by Crippen LogP contribution is -2.39. The van der Waals surface area contributed by atoms with Crippen LogP contribution in [0.4, 0.5) is 0 Å². The van der Waals surface area contributed by atoms with Crippen molar-refractivity contribution >= 4 is 11.8 Å². The van der Waals surface area contributed by atoms with Gasteiger partial charge in [0.1, 0.15) is 12.7 Å². The molecule has 7 heteroatoms. The van der Waals surface area contributed by atoms with Crippen LogP contribution in [0.15, 0.2) is 30.3 Å². The molecule has 1 aromatic rings. The smallest absolute Gasteiger partial charge is 0.252 e.